The third-order valence-electron chi connectivity index (χ3n) is 5.11. The SMILES string of the molecule is COC1CCN(CC(=O)N2c3ccccc3C(=O)Nc3cccnc32)CC1. The first-order valence-corrected chi connectivity index (χ1v) is 9.11. The number of likely N-dealkylation sites (tertiary alicyclic amines) is 1. The second kappa shape index (κ2) is 7.46. The van der Waals surface area contributed by atoms with Crippen LogP contribution >= 0.6 is 0 Å². The summed E-state index contributed by atoms with van der Waals surface area (Å²) in [5.41, 5.74) is 1.55. The van der Waals surface area contributed by atoms with Gasteiger partial charge in [0.25, 0.3) is 5.91 Å². The molecule has 1 aromatic carbocycles. The van der Waals surface area contributed by atoms with Gasteiger partial charge in [-0.05, 0) is 37.1 Å². The van der Waals surface area contributed by atoms with E-state index in [0.29, 0.717) is 22.8 Å². The summed E-state index contributed by atoms with van der Waals surface area (Å²) in [5.74, 6) is 0.110. The Kier molecular flexibility index (Phi) is 4.87. The first kappa shape index (κ1) is 17.6. The van der Waals surface area contributed by atoms with Gasteiger partial charge in [0, 0.05) is 26.4 Å². The van der Waals surface area contributed by atoms with Crippen molar-refractivity contribution < 1.29 is 14.3 Å². The summed E-state index contributed by atoms with van der Waals surface area (Å²) in [6.45, 7) is 1.90. The molecule has 2 aliphatic heterocycles. The number of carbonyl (C=O) groups is 2. The van der Waals surface area contributed by atoms with E-state index in [9.17, 15) is 9.59 Å². The zero-order valence-electron chi connectivity index (χ0n) is 15.2. The standard InChI is InChI=1S/C20H22N4O3/c1-27-14-8-11-23(12-9-14)13-18(25)24-17-7-3-2-5-15(17)20(26)22-16-6-4-10-21-19(16)24/h2-7,10,14H,8-9,11-13H2,1H3,(H,22,26). The van der Waals surface area contributed by atoms with Gasteiger partial charge in [0.05, 0.1) is 29.6 Å². The maximum absolute atomic E-state index is 13.3. The molecule has 1 aromatic heterocycles. The Balaban J connectivity index is 1.66. The Hall–Kier alpha value is -2.77. The number of methoxy groups -OCH3 is 1. The number of aromatic nitrogens is 1. The minimum atomic E-state index is -0.240. The maximum atomic E-state index is 13.3. The summed E-state index contributed by atoms with van der Waals surface area (Å²) in [5, 5.41) is 2.86. The minimum absolute atomic E-state index is 0.102. The number of anilines is 3. The number of benzene rings is 1. The first-order valence-electron chi connectivity index (χ1n) is 9.11. The van der Waals surface area contributed by atoms with Crippen LogP contribution in [0.5, 0.6) is 0 Å². The number of hydrogen-bond acceptors (Lipinski definition) is 5. The third-order valence-corrected chi connectivity index (χ3v) is 5.11. The van der Waals surface area contributed by atoms with Gasteiger partial charge in [0.1, 0.15) is 0 Å². The number of ether oxygens (including phenoxy) is 1. The van der Waals surface area contributed by atoms with Gasteiger partial charge in [0.15, 0.2) is 5.82 Å². The Morgan fingerprint density at radius 3 is 2.78 bits per heavy atom. The van der Waals surface area contributed by atoms with Crippen LogP contribution in [0.3, 0.4) is 0 Å². The van der Waals surface area contributed by atoms with Crippen LogP contribution in [-0.2, 0) is 9.53 Å². The van der Waals surface area contributed by atoms with Gasteiger partial charge in [-0.2, -0.15) is 0 Å². The zero-order valence-corrected chi connectivity index (χ0v) is 15.2. The summed E-state index contributed by atoms with van der Waals surface area (Å²) in [7, 11) is 1.73. The number of carbonyl (C=O) groups excluding carboxylic acids is 2. The van der Waals surface area contributed by atoms with Gasteiger partial charge in [-0.3, -0.25) is 19.4 Å². The molecule has 0 saturated carbocycles. The van der Waals surface area contributed by atoms with Crippen LogP contribution < -0.4 is 10.2 Å². The van der Waals surface area contributed by atoms with E-state index in [0.717, 1.165) is 25.9 Å². The lowest BCUT2D eigenvalue weighted by Gasteiger charge is -2.32. The van der Waals surface area contributed by atoms with Crippen molar-refractivity contribution in [2.45, 2.75) is 18.9 Å². The maximum Gasteiger partial charge on any atom is 0.257 e. The highest BCUT2D eigenvalue weighted by Crippen LogP contribution is 2.36. The van der Waals surface area contributed by atoms with Gasteiger partial charge < -0.3 is 10.1 Å². The van der Waals surface area contributed by atoms with Crippen LogP contribution in [0.1, 0.15) is 23.2 Å². The molecule has 2 amide bonds. The van der Waals surface area contributed by atoms with E-state index < -0.39 is 0 Å². The van der Waals surface area contributed by atoms with Crippen LogP contribution in [0.2, 0.25) is 0 Å². The highest BCUT2D eigenvalue weighted by atomic mass is 16.5. The average molecular weight is 366 g/mol. The molecule has 2 aliphatic rings. The Bertz CT molecular complexity index is 862. The molecule has 0 aliphatic carbocycles. The number of piperidine rings is 1. The number of pyridine rings is 1. The molecule has 1 saturated heterocycles. The van der Waals surface area contributed by atoms with Gasteiger partial charge >= 0.3 is 0 Å². The highest BCUT2D eigenvalue weighted by molar-refractivity contribution is 6.17. The van der Waals surface area contributed by atoms with Crippen LogP contribution in [0.4, 0.5) is 17.2 Å². The molecule has 3 heterocycles. The van der Waals surface area contributed by atoms with E-state index in [1.165, 1.54) is 0 Å². The Labute approximate surface area is 157 Å². The summed E-state index contributed by atoms with van der Waals surface area (Å²) in [6.07, 6.45) is 3.72. The predicted molar refractivity (Wildman–Crippen MR) is 102 cm³/mol. The fourth-order valence-electron chi connectivity index (χ4n) is 3.65. The molecule has 7 heteroatoms. The topological polar surface area (TPSA) is 74.8 Å². The molecule has 0 atom stereocenters. The minimum Gasteiger partial charge on any atom is -0.381 e. The normalized spacial score (nSPS) is 17.7. The van der Waals surface area contributed by atoms with Crippen LogP contribution in [-0.4, -0.2) is 54.5 Å². The largest absolute Gasteiger partial charge is 0.381 e. The molecule has 27 heavy (non-hydrogen) atoms. The van der Waals surface area contributed by atoms with E-state index in [4.69, 9.17) is 4.74 Å². The summed E-state index contributed by atoms with van der Waals surface area (Å²) < 4.78 is 5.40. The number of amides is 2. The molecule has 0 radical (unpaired) electrons. The predicted octanol–water partition coefficient (Wildman–Crippen LogP) is 2.42. The molecular weight excluding hydrogens is 344 g/mol. The zero-order chi connectivity index (χ0) is 18.8. The van der Waals surface area contributed by atoms with Crippen molar-refractivity contribution in [3.05, 3.63) is 48.2 Å². The number of fused-ring (bicyclic) bond motifs is 2. The lowest BCUT2D eigenvalue weighted by molar-refractivity contribution is -0.119. The molecule has 140 valence electrons. The molecule has 1 fully saturated rings. The van der Waals surface area contributed by atoms with Gasteiger partial charge in [0.2, 0.25) is 5.91 Å². The van der Waals surface area contributed by atoms with Crippen molar-refractivity contribution in [2.75, 3.05) is 37.0 Å². The van der Waals surface area contributed by atoms with Crippen molar-refractivity contribution >= 4 is 29.0 Å². The molecule has 0 bridgehead atoms. The van der Waals surface area contributed by atoms with E-state index >= 15 is 0 Å². The van der Waals surface area contributed by atoms with Crippen molar-refractivity contribution in [3.63, 3.8) is 0 Å². The Morgan fingerprint density at radius 1 is 1.22 bits per heavy atom. The quantitative estimate of drug-likeness (QED) is 0.903. The molecule has 7 nitrogen and oxygen atoms in total. The molecule has 0 spiro atoms. The van der Waals surface area contributed by atoms with Crippen molar-refractivity contribution in [1.29, 1.82) is 0 Å². The lowest BCUT2D eigenvalue weighted by Crippen LogP contribution is -2.43. The molecule has 0 unspecified atom stereocenters. The van der Waals surface area contributed by atoms with Crippen LogP contribution in [0.15, 0.2) is 42.6 Å². The number of para-hydroxylation sites is 1. The van der Waals surface area contributed by atoms with Crippen molar-refractivity contribution in [1.82, 2.24) is 9.88 Å². The van der Waals surface area contributed by atoms with E-state index in [1.54, 1.807) is 48.5 Å². The second-order valence-corrected chi connectivity index (χ2v) is 6.79. The van der Waals surface area contributed by atoms with E-state index in [-0.39, 0.29) is 24.5 Å². The fourth-order valence-corrected chi connectivity index (χ4v) is 3.65. The molecule has 2 aromatic rings. The van der Waals surface area contributed by atoms with Gasteiger partial charge in [-0.15, -0.1) is 0 Å². The number of rotatable bonds is 3. The fraction of sp³-hybridized carbons (Fsp3) is 0.350. The number of nitrogens with zero attached hydrogens (tertiary/aromatic N) is 3. The van der Waals surface area contributed by atoms with Gasteiger partial charge in [-0.25, -0.2) is 4.98 Å². The second-order valence-electron chi connectivity index (χ2n) is 6.79. The first-order chi connectivity index (χ1) is 13.2. The lowest BCUT2D eigenvalue weighted by atomic mass is 10.1. The van der Waals surface area contributed by atoms with E-state index in [1.807, 2.05) is 6.07 Å². The molecular formula is C20H22N4O3. The van der Waals surface area contributed by atoms with Gasteiger partial charge in [-0.1, -0.05) is 12.1 Å². The number of nitrogens with one attached hydrogen (secondary N) is 1. The average Bonchev–Trinajstić information content (AvgIpc) is 2.82. The molecule has 1 N–H and O–H groups in total. The third kappa shape index (κ3) is 3.43. The van der Waals surface area contributed by atoms with Crippen LogP contribution in [0, 0.1) is 0 Å². The molecule has 4 rings (SSSR count). The van der Waals surface area contributed by atoms with Crippen molar-refractivity contribution in [3.8, 4) is 0 Å². The smallest absolute Gasteiger partial charge is 0.257 e. The Morgan fingerprint density at radius 2 is 2.00 bits per heavy atom. The highest BCUT2D eigenvalue weighted by Gasteiger charge is 2.31. The monoisotopic (exact) mass is 366 g/mol. The summed E-state index contributed by atoms with van der Waals surface area (Å²) in [6, 6.07) is 10.6. The van der Waals surface area contributed by atoms with Crippen molar-refractivity contribution in [2.24, 2.45) is 0 Å². The summed E-state index contributed by atoms with van der Waals surface area (Å²) >= 11 is 0. The van der Waals surface area contributed by atoms with E-state index in [2.05, 4.69) is 15.2 Å². The number of hydrogen-bond donors (Lipinski definition) is 1. The van der Waals surface area contributed by atoms with Crippen LogP contribution in [0.25, 0.3) is 0 Å². The summed E-state index contributed by atoms with van der Waals surface area (Å²) in [4.78, 5) is 33.9.